The fourth-order valence-electron chi connectivity index (χ4n) is 1.96. The maximum absolute atomic E-state index is 11.9. The number of benzene rings is 1. The van der Waals surface area contributed by atoms with E-state index < -0.39 is 0 Å². The summed E-state index contributed by atoms with van der Waals surface area (Å²) in [5.74, 6) is -0.104. The maximum Gasteiger partial charge on any atom is 0.327 e. The fourth-order valence-corrected chi connectivity index (χ4v) is 1.96. The summed E-state index contributed by atoms with van der Waals surface area (Å²) < 4.78 is 0. The topological polar surface area (TPSA) is 40.6 Å². The first-order valence-electron chi connectivity index (χ1n) is 5.85. The predicted molar refractivity (Wildman–Crippen MR) is 64.3 cm³/mol. The minimum Gasteiger partial charge on any atom is -0.315 e. The Labute approximate surface area is 101 Å². The molecule has 90 valence electrons. The molecule has 0 atom stereocenters. The molecule has 1 aliphatic rings. The lowest BCUT2D eigenvalue weighted by Gasteiger charge is -2.16. The molecule has 1 saturated heterocycles. The highest BCUT2D eigenvalue weighted by molar-refractivity contribution is 6.01. The Hall–Kier alpha value is -1.84. The molecule has 0 bridgehead atoms. The second-order valence-electron chi connectivity index (χ2n) is 4.17. The van der Waals surface area contributed by atoms with Gasteiger partial charge in [0.15, 0.2) is 0 Å². The van der Waals surface area contributed by atoms with Crippen LogP contribution in [0.15, 0.2) is 30.3 Å². The van der Waals surface area contributed by atoms with Crippen LogP contribution >= 0.6 is 0 Å². The van der Waals surface area contributed by atoms with Crippen LogP contribution in [0.25, 0.3) is 0 Å². The van der Waals surface area contributed by atoms with Crippen LogP contribution in [0, 0.1) is 0 Å². The molecule has 0 unspecified atom stereocenters. The number of urea groups is 1. The number of imide groups is 1. The summed E-state index contributed by atoms with van der Waals surface area (Å²) in [6.07, 6.45) is 0.873. The van der Waals surface area contributed by atoms with Gasteiger partial charge in [0.25, 0.3) is 5.91 Å². The van der Waals surface area contributed by atoms with Gasteiger partial charge in [-0.3, -0.25) is 9.69 Å². The van der Waals surface area contributed by atoms with E-state index in [1.54, 1.807) is 4.90 Å². The quantitative estimate of drug-likeness (QED) is 0.743. The number of nitrogens with zero attached hydrogens (tertiary/aromatic N) is 2. The Morgan fingerprint density at radius 1 is 1.18 bits per heavy atom. The molecule has 0 radical (unpaired) electrons. The lowest BCUT2D eigenvalue weighted by molar-refractivity contribution is -0.125. The zero-order valence-corrected chi connectivity index (χ0v) is 9.93. The number of amides is 3. The molecule has 0 spiro atoms. The number of hydrogen-bond donors (Lipinski definition) is 0. The molecular weight excluding hydrogens is 216 g/mol. The first kappa shape index (κ1) is 11.6. The molecule has 1 aromatic carbocycles. The van der Waals surface area contributed by atoms with Crippen LogP contribution < -0.4 is 0 Å². The van der Waals surface area contributed by atoms with Crippen molar-refractivity contribution in [2.75, 3.05) is 13.1 Å². The van der Waals surface area contributed by atoms with Crippen LogP contribution in [0.4, 0.5) is 4.79 Å². The first-order valence-corrected chi connectivity index (χ1v) is 5.85. The number of rotatable bonds is 4. The first-order chi connectivity index (χ1) is 8.22. The Kier molecular flexibility index (Phi) is 3.42. The highest BCUT2D eigenvalue weighted by Gasteiger charge is 2.34. The Morgan fingerprint density at radius 2 is 1.88 bits per heavy atom. The normalized spacial score (nSPS) is 15.8. The van der Waals surface area contributed by atoms with E-state index in [1.807, 2.05) is 37.3 Å². The van der Waals surface area contributed by atoms with Gasteiger partial charge < -0.3 is 4.90 Å². The SMILES string of the molecule is CCCN1CC(=O)N(Cc2ccccc2)C1=O. The minimum absolute atomic E-state index is 0.104. The van der Waals surface area contributed by atoms with E-state index in [1.165, 1.54) is 4.90 Å². The van der Waals surface area contributed by atoms with Crippen molar-refractivity contribution in [2.24, 2.45) is 0 Å². The molecule has 1 aliphatic heterocycles. The van der Waals surface area contributed by atoms with Gasteiger partial charge in [-0.2, -0.15) is 0 Å². The molecule has 0 saturated carbocycles. The summed E-state index contributed by atoms with van der Waals surface area (Å²) in [6.45, 7) is 3.24. The molecule has 2 rings (SSSR count). The molecule has 1 aromatic rings. The van der Waals surface area contributed by atoms with Crippen molar-refractivity contribution in [1.29, 1.82) is 0 Å². The molecule has 4 heteroatoms. The molecular formula is C13H16N2O2. The Balaban J connectivity index is 2.07. The summed E-state index contributed by atoms with van der Waals surface area (Å²) in [6, 6.07) is 9.40. The summed E-state index contributed by atoms with van der Waals surface area (Å²) in [5, 5.41) is 0. The van der Waals surface area contributed by atoms with Gasteiger partial charge in [0.1, 0.15) is 6.54 Å². The second kappa shape index (κ2) is 4.99. The van der Waals surface area contributed by atoms with Crippen LogP contribution in [-0.2, 0) is 11.3 Å². The van der Waals surface area contributed by atoms with Crippen molar-refractivity contribution in [2.45, 2.75) is 19.9 Å². The van der Waals surface area contributed by atoms with Crippen LogP contribution in [0.3, 0.4) is 0 Å². The summed E-state index contributed by atoms with van der Waals surface area (Å²) in [7, 11) is 0. The standard InChI is InChI=1S/C13H16N2O2/c1-2-8-14-10-12(16)15(13(14)17)9-11-6-4-3-5-7-11/h3-7H,2,8-10H2,1H3. The smallest absolute Gasteiger partial charge is 0.315 e. The Morgan fingerprint density at radius 3 is 2.53 bits per heavy atom. The van der Waals surface area contributed by atoms with E-state index in [0.717, 1.165) is 12.0 Å². The number of hydrogen-bond acceptors (Lipinski definition) is 2. The minimum atomic E-state index is -0.166. The van der Waals surface area contributed by atoms with Gasteiger partial charge >= 0.3 is 6.03 Å². The third-order valence-corrected chi connectivity index (χ3v) is 2.81. The highest BCUT2D eigenvalue weighted by atomic mass is 16.2. The third-order valence-electron chi connectivity index (χ3n) is 2.81. The van der Waals surface area contributed by atoms with Gasteiger partial charge in [-0.1, -0.05) is 37.3 Å². The molecule has 0 aliphatic carbocycles. The molecule has 0 aromatic heterocycles. The van der Waals surface area contributed by atoms with Crippen molar-refractivity contribution in [3.05, 3.63) is 35.9 Å². The zero-order chi connectivity index (χ0) is 12.3. The van der Waals surface area contributed by atoms with E-state index in [-0.39, 0.29) is 18.5 Å². The van der Waals surface area contributed by atoms with Crippen molar-refractivity contribution in [1.82, 2.24) is 9.80 Å². The van der Waals surface area contributed by atoms with Crippen molar-refractivity contribution in [3.8, 4) is 0 Å². The van der Waals surface area contributed by atoms with E-state index in [2.05, 4.69) is 0 Å². The summed E-state index contributed by atoms with van der Waals surface area (Å²) in [5.41, 5.74) is 0.979. The largest absolute Gasteiger partial charge is 0.327 e. The fraction of sp³-hybridized carbons (Fsp3) is 0.385. The molecule has 3 amide bonds. The van der Waals surface area contributed by atoms with Gasteiger partial charge in [0, 0.05) is 6.54 Å². The zero-order valence-electron chi connectivity index (χ0n) is 9.93. The van der Waals surface area contributed by atoms with Crippen molar-refractivity contribution >= 4 is 11.9 Å². The average molecular weight is 232 g/mol. The summed E-state index contributed by atoms with van der Waals surface area (Å²) >= 11 is 0. The van der Waals surface area contributed by atoms with Crippen molar-refractivity contribution < 1.29 is 9.59 Å². The van der Waals surface area contributed by atoms with E-state index in [0.29, 0.717) is 13.1 Å². The number of carbonyl (C=O) groups is 2. The van der Waals surface area contributed by atoms with Crippen LogP contribution in [-0.4, -0.2) is 34.8 Å². The van der Waals surface area contributed by atoms with Crippen LogP contribution in [0.1, 0.15) is 18.9 Å². The predicted octanol–water partition coefficient (Wildman–Crippen LogP) is 1.86. The third kappa shape index (κ3) is 2.46. The van der Waals surface area contributed by atoms with Gasteiger partial charge in [-0.25, -0.2) is 4.79 Å². The molecule has 4 nitrogen and oxygen atoms in total. The van der Waals surface area contributed by atoms with E-state index >= 15 is 0 Å². The number of carbonyl (C=O) groups excluding carboxylic acids is 2. The van der Waals surface area contributed by atoms with Gasteiger partial charge in [-0.15, -0.1) is 0 Å². The van der Waals surface area contributed by atoms with Gasteiger partial charge in [0.05, 0.1) is 6.54 Å². The van der Waals surface area contributed by atoms with Crippen molar-refractivity contribution in [3.63, 3.8) is 0 Å². The van der Waals surface area contributed by atoms with E-state index in [4.69, 9.17) is 0 Å². The molecule has 1 heterocycles. The van der Waals surface area contributed by atoms with E-state index in [9.17, 15) is 9.59 Å². The highest BCUT2D eigenvalue weighted by Crippen LogP contribution is 2.14. The summed E-state index contributed by atoms with van der Waals surface area (Å²) in [4.78, 5) is 26.6. The lowest BCUT2D eigenvalue weighted by Crippen LogP contribution is -2.32. The van der Waals surface area contributed by atoms with Gasteiger partial charge in [0.2, 0.25) is 0 Å². The monoisotopic (exact) mass is 232 g/mol. The Bertz CT molecular complexity index is 417. The van der Waals surface area contributed by atoms with Gasteiger partial charge in [-0.05, 0) is 12.0 Å². The van der Waals surface area contributed by atoms with Crippen LogP contribution in [0.2, 0.25) is 0 Å². The maximum atomic E-state index is 11.9. The molecule has 17 heavy (non-hydrogen) atoms. The molecule has 0 N–H and O–H groups in total. The second-order valence-corrected chi connectivity index (χ2v) is 4.17. The lowest BCUT2D eigenvalue weighted by atomic mass is 10.2. The molecule has 1 fully saturated rings. The van der Waals surface area contributed by atoms with Crippen LogP contribution in [0.5, 0.6) is 0 Å². The average Bonchev–Trinajstić information content (AvgIpc) is 2.59.